The molecule has 53 heavy (non-hydrogen) atoms. The smallest absolute Gasteiger partial charge is 0.462 e. The Morgan fingerprint density at radius 3 is 1.68 bits per heavy atom. The van der Waals surface area contributed by atoms with E-state index >= 15 is 0 Å². The van der Waals surface area contributed by atoms with Crippen LogP contribution < -0.4 is 0 Å². The quantitative estimate of drug-likeness (QED) is 0.0184. The average molecular weight is 769 g/mol. The summed E-state index contributed by atoms with van der Waals surface area (Å²) in [6.45, 7) is 3.55. The van der Waals surface area contributed by atoms with Crippen molar-refractivity contribution in [1.82, 2.24) is 0 Å². The zero-order chi connectivity index (χ0) is 39.1. The maximum absolute atomic E-state index is 12.4. The Balaban J connectivity index is 4.06. The number of phosphoric ester groups is 1. The first-order valence-electron chi connectivity index (χ1n) is 21.0. The lowest BCUT2D eigenvalue weighted by molar-refractivity contribution is -0.161. The summed E-state index contributed by atoms with van der Waals surface area (Å²) < 4.78 is 26.3. The molecule has 0 bridgehead atoms. The van der Waals surface area contributed by atoms with Crippen molar-refractivity contribution in [2.75, 3.05) is 13.2 Å². The van der Waals surface area contributed by atoms with E-state index in [1.807, 2.05) is 36.5 Å². The molecule has 0 heterocycles. The van der Waals surface area contributed by atoms with Crippen LogP contribution in [0.5, 0.6) is 0 Å². The van der Waals surface area contributed by atoms with Gasteiger partial charge < -0.3 is 24.4 Å². The first-order valence-corrected chi connectivity index (χ1v) is 22.6. The highest BCUT2D eigenvalue weighted by Crippen LogP contribution is 2.36. The fourth-order valence-corrected chi connectivity index (χ4v) is 6.10. The molecule has 0 aliphatic carbocycles. The van der Waals surface area contributed by atoms with E-state index in [4.69, 9.17) is 19.3 Å². The van der Waals surface area contributed by atoms with Gasteiger partial charge in [0.1, 0.15) is 6.61 Å². The summed E-state index contributed by atoms with van der Waals surface area (Å²) in [6.07, 6.45) is 42.9. The van der Waals surface area contributed by atoms with E-state index in [9.17, 15) is 19.3 Å². The third-order valence-corrected chi connectivity index (χ3v) is 9.42. The molecule has 9 nitrogen and oxygen atoms in total. The molecule has 0 aliphatic heterocycles. The van der Waals surface area contributed by atoms with Gasteiger partial charge in [0, 0.05) is 12.8 Å². The molecule has 0 rings (SSSR count). The van der Waals surface area contributed by atoms with Gasteiger partial charge in [-0.2, -0.15) is 0 Å². The van der Waals surface area contributed by atoms with E-state index in [0.717, 1.165) is 25.7 Å². The highest BCUT2D eigenvalue weighted by molar-refractivity contribution is 7.46. The van der Waals surface area contributed by atoms with Gasteiger partial charge in [0.25, 0.3) is 0 Å². The average Bonchev–Trinajstić information content (AvgIpc) is 3.12. The Bertz CT molecular complexity index is 1020. The van der Waals surface area contributed by atoms with Crippen molar-refractivity contribution in [2.45, 2.75) is 199 Å². The molecule has 308 valence electrons. The van der Waals surface area contributed by atoms with Crippen molar-refractivity contribution >= 4 is 19.8 Å². The second-order valence-electron chi connectivity index (χ2n) is 14.2. The zero-order valence-corrected chi connectivity index (χ0v) is 34.4. The van der Waals surface area contributed by atoms with Crippen LogP contribution in [0.25, 0.3) is 0 Å². The minimum Gasteiger partial charge on any atom is -0.462 e. The van der Waals surface area contributed by atoms with Crippen molar-refractivity contribution in [1.29, 1.82) is 0 Å². The van der Waals surface area contributed by atoms with Crippen LogP contribution in [0, 0.1) is 0 Å². The zero-order valence-electron chi connectivity index (χ0n) is 33.5. The van der Waals surface area contributed by atoms with Gasteiger partial charge in [-0.3, -0.25) is 14.1 Å². The lowest BCUT2D eigenvalue weighted by atomic mass is 10.0. The number of allylic oxidation sites excluding steroid dienone is 6. The SMILES string of the molecule is CCCCC/C=C\C[C@H](O)/C=C/C=C\C/C=C\CCCC(=O)O[C@H](COC(=O)CCCCCCCCCCCCCCCCCCC)COP(=O)(O)O. The second-order valence-corrected chi connectivity index (χ2v) is 15.4. The maximum atomic E-state index is 12.4. The summed E-state index contributed by atoms with van der Waals surface area (Å²) in [4.78, 5) is 42.8. The summed E-state index contributed by atoms with van der Waals surface area (Å²) in [6, 6.07) is 0. The number of ether oxygens (including phenoxy) is 2. The van der Waals surface area contributed by atoms with Gasteiger partial charge in [0.15, 0.2) is 6.10 Å². The van der Waals surface area contributed by atoms with Crippen LogP contribution in [0.4, 0.5) is 0 Å². The van der Waals surface area contributed by atoms with E-state index in [-0.39, 0.29) is 19.4 Å². The number of carbonyl (C=O) groups is 2. The van der Waals surface area contributed by atoms with Crippen molar-refractivity contribution in [2.24, 2.45) is 0 Å². The number of esters is 2. The number of rotatable bonds is 38. The number of unbranched alkanes of at least 4 members (excludes halogenated alkanes) is 20. The van der Waals surface area contributed by atoms with Gasteiger partial charge in [0.2, 0.25) is 0 Å². The monoisotopic (exact) mass is 769 g/mol. The first kappa shape index (κ1) is 51.0. The van der Waals surface area contributed by atoms with E-state index in [1.54, 1.807) is 6.08 Å². The Hall–Kier alpha value is -2.03. The molecule has 0 aromatic carbocycles. The molecule has 0 aliphatic rings. The molecule has 0 spiro atoms. The van der Waals surface area contributed by atoms with Crippen LogP contribution >= 0.6 is 7.82 Å². The van der Waals surface area contributed by atoms with Gasteiger partial charge >= 0.3 is 19.8 Å². The van der Waals surface area contributed by atoms with Gasteiger partial charge in [-0.15, -0.1) is 0 Å². The van der Waals surface area contributed by atoms with E-state index in [0.29, 0.717) is 25.7 Å². The van der Waals surface area contributed by atoms with Crippen molar-refractivity contribution in [3.8, 4) is 0 Å². The topological polar surface area (TPSA) is 140 Å². The van der Waals surface area contributed by atoms with E-state index in [1.165, 1.54) is 109 Å². The summed E-state index contributed by atoms with van der Waals surface area (Å²) >= 11 is 0. The minimum absolute atomic E-state index is 0.105. The Kier molecular flexibility index (Phi) is 36.8. The van der Waals surface area contributed by atoms with Gasteiger partial charge in [-0.25, -0.2) is 4.57 Å². The third-order valence-electron chi connectivity index (χ3n) is 8.93. The molecular formula is C43H77O9P. The summed E-state index contributed by atoms with van der Waals surface area (Å²) in [5, 5.41) is 10.00. The predicted octanol–water partition coefficient (Wildman–Crippen LogP) is 11.7. The van der Waals surface area contributed by atoms with Gasteiger partial charge in [0.05, 0.1) is 12.7 Å². The van der Waals surface area contributed by atoms with Crippen molar-refractivity contribution in [3.63, 3.8) is 0 Å². The number of aliphatic hydroxyl groups excluding tert-OH is 1. The summed E-state index contributed by atoms with van der Waals surface area (Å²) in [5.74, 6) is -0.985. The van der Waals surface area contributed by atoms with Crippen LogP contribution in [0.3, 0.4) is 0 Å². The Morgan fingerprint density at radius 1 is 0.585 bits per heavy atom. The molecule has 0 aromatic heterocycles. The standard InChI is InChI=1S/C43H77O9P/c1-3-5-7-9-11-12-13-14-15-16-17-18-19-20-24-28-32-36-42(45)50-38-41(39-51-53(47,48)49)52-43(46)37-33-29-25-22-21-23-27-31-35-40(44)34-30-26-10-8-6-4-2/h22-23,25-27,30-31,35,40-41,44H,3-21,24,28-29,32-34,36-39H2,1-2H3,(H2,47,48,49)/b25-22-,27-23-,30-26-,35-31+/t40-,41+/m0/s1. The largest absolute Gasteiger partial charge is 0.469 e. The normalized spacial score (nSPS) is 13.5. The highest BCUT2D eigenvalue weighted by atomic mass is 31.2. The maximum Gasteiger partial charge on any atom is 0.469 e. The molecule has 0 radical (unpaired) electrons. The second kappa shape index (κ2) is 38.3. The fraction of sp³-hybridized carbons (Fsp3) is 0.767. The summed E-state index contributed by atoms with van der Waals surface area (Å²) in [7, 11) is -4.78. The molecule has 0 unspecified atom stereocenters. The molecule has 0 fully saturated rings. The molecule has 0 saturated carbocycles. The van der Waals surface area contributed by atoms with Crippen LogP contribution in [-0.2, 0) is 28.2 Å². The lowest BCUT2D eigenvalue weighted by Crippen LogP contribution is -2.29. The number of hydrogen-bond donors (Lipinski definition) is 3. The van der Waals surface area contributed by atoms with E-state index in [2.05, 4.69) is 24.4 Å². The van der Waals surface area contributed by atoms with Crippen molar-refractivity contribution in [3.05, 3.63) is 48.6 Å². The van der Waals surface area contributed by atoms with Crippen LogP contribution in [0.2, 0.25) is 0 Å². The molecule has 0 aromatic rings. The van der Waals surface area contributed by atoms with Gasteiger partial charge in [-0.1, -0.05) is 178 Å². The fourth-order valence-electron chi connectivity index (χ4n) is 5.74. The number of phosphoric acid groups is 1. The third kappa shape index (κ3) is 41.0. The molecule has 2 atom stereocenters. The van der Waals surface area contributed by atoms with Crippen LogP contribution in [0.15, 0.2) is 48.6 Å². The molecule has 0 amide bonds. The van der Waals surface area contributed by atoms with Crippen LogP contribution in [0.1, 0.15) is 187 Å². The summed E-state index contributed by atoms with van der Waals surface area (Å²) in [5.41, 5.74) is 0. The Labute approximate surface area is 323 Å². The number of carbonyl (C=O) groups excluding carboxylic acids is 2. The highest BCUT2D eigenvalue weighted by Gasteiger charge is 2.22. The van der Waals surface area contributed by atoms with Crippen LogP contribution in [-0.4, -0.2) is 52.3 Å². The molecule has 3 N–H and O–H groups in total. The van der Waals surface area contributed by atoms with Crippen molar-refractivity contribution < 1.29 is 43.0 Å². The lowest BCUT2D eigenvalue weighted by Gasteiger charge is -2.18. The minimum atomic E-state index is -4.78. The first-order chi connectivity index (χ1) is 25.7. The predicted molar refractivity (Wildman–Crippen MR) is 217 cm³/mol. The molecule has 10 heteroatoms. The number of hydrogen-bond acceptors (Lipinski definition) is 7. The molecule has 0 saturated heterocycles. The number of aliphatic hydroxyl groups is 1. The molecular weight excluding hydrogens is 691 g/mol. The Morgan fingerprint density at radius 2 is 1.09 bits per heavy atom. The van der Waals surface area contributed by atoms with E-state index < -0.39 is 38.6 Å². The van der Waals surface area contributed by atoms with Gasteiger partial charge in [-0.05, 0) is 44.9 Å².